The lowest BCUT2D eigenvalue weighted by Gasteiger charge is -2.32. The zero-order valence-electron chi connectivity index (χ0n) is 14.5. The Morgan fingerprint density at radius 1 is 1.04 bits per heavy atom. The van der Waals surface area contributed by atoms with Gasteiger partial charge in [-0.1, -0.05) is 6.07 Å². The average molecular weight is 336 g/mol. The maximum absolute atomic E-state index is 6.12. The third-order valence-electron chi connectivity index (χ3n) is 5.77. The van der Waals surface area contributed by atoms with E-state index < -0.39 is 0 Å². The molecule has 2 fully saturated rings. The molecule has 1 aliphatic heterocycles. The minimum Gasteiger partial charge on any atom is -0.376 e. The average Bonchev–Trinajstić information content (AvgIpc) is 3.27. The molecule has 0 radical (unpaired) electrons. The molecule has 2 atom stereocenters. The number of fused-ring (bicyclic) bond motifs is 2. The summed E-state index contributed by atoms with van der Waals surface area (Å²) < 4.78 is 6.12. The maximum atomic E-state index is 6.12. The molecule has 130 valence electrons. The van der Waals surface area contributed by atoms with Crippen molar-refractivity contribution < 1.29 is 4.74 Å². The van der Waals surface area contributed by atoms with Crippen LogP contribution < -0.4 is 4.90 Å². The normalized spacial score (nSPS) is 25.5. The van der Waals surface area contributed by atoms with Crippen LogP contribution in [0.3, 0.4) is 0 Å². The van der Waals surface area contributed by atoms with Crippen LogP contribution in [0.5, 0.6) is 0 Å². The molecule has 0 spiro atoms. The van der Waals surface area contributed by atoms with E-state index in [2.05, 4.69) is 9.88 Å². The third-order valence-corrected chi connectivity index (χ3v) is 5.77. The number of aryl methyl sites for hydroxylation is 1. The number of aromatic nitrogens is 3. The summed E-state index contributed by atoms with van der Waals surface area (Å²) in [6, 6.07) is 6.42. The van der Waals surface area contributed by atoms with E-state index in [1.807, 2.05) is 24.4 Å². The Balaban J connectivity index is 1.61. The summed E-state index contributed by atoms with van der Waals surface area (Å²) in [7, 11) is 0. The van der Waals surface area contributed by atoms with Gasteiger partial charge in [-0.15, -0.1) is 0 Å². The first-order valence-corrected chi connectivity index (χ1v) is 9.59. The summed E-state index contributed by atoms with van der Waals surface area (Å²) >= 11 is 0. The second-order valence-electron chi connectivity index (χ2n) is 7.32. The van der Waals surface area contributed by atoms with Gasteiger partial charge in [0.1, 0.15) is 11.5 Å². The fourth-order valence-corrected chi connectivity index (χ4v) is 4.62. The Morgan fingerprint density at radius 3 is 2.96 bits per heavy atom. The summed E-state index contributed by atoms with van der Waals surface area (Å²) in [6.07, 6.45) is 10.2. The van der Waals surface area contributed by atoms with Gasteiger partial charge in [-0.25, -0.2) is 9.97 Å². The Kier molecular flexibility index (Phi) is 3.89. The number of nitrogens with zero attached hydrogens (tertiary/aromatic N) is 4. The second kappa shape index (κ2) is 6.37. The fourth-order valence-electron chi connectivity index (χ4n) is 4.62. The molecule has 1 saturated carbocycles. The lowest BCUT2D eigenvalue weighted by atomic mass is 10.1. The molecule has 3 heterocycles. The summed E-state index contributed by atoms with van der Waals surface area (Å²) in [5, 5.41) is 0. The Morgan fingerprint density at radius 2 is 2.04 bits per heavy atom. The van der Waals surface area contributed by atoms with E-state index >= 15 is 0 Å². The van der Waals surface area contributed by atoms with Crippen LogP contribution in [-0.4, -0.2) is 40.2 Å². The van der Waals surface area contributed by atoms with Crippen LogP contribution in [0.2, 0.25) is 0 Å². The largest absolute Gasteiger partial charge is 0.376 e. The molecule has 0 aromatic carbocycles. The predicted octanol–water partition coefficient (Wildman–Crippen LogP) is 3.18. The van der Waals surface area contributed by atoms with E-state index in [1.54, 1.807) is 0 Å². The molecular weight excluding hydrogens is 312 g/mol. The minimum atomic E-state index is 0.368. The lowest BCUT2D eigenvalue weighted by molar-refractivity contribution is 0.0590. The van der Waals surface area contributed by atoms with E-state index in [-0.39, 0.29) is 0 Å². The molecule has 1 saturated heterocycles. The maximum Gasteiger partial charge on any atom is 0.180 e. The third kappa shape index (κ3) is 2.71. The molecule has 5 heteroatoms. The van der Waals surface area contributed by atoms with E-state index in [0.29, 0.717) is 12.1 Å². The zero-order valence-corrected chi connectivity index (χ0v) is 14.5. The summed E-state index contributed by atoms with van der Waals surface area (Å²) in [5.41, 5.74) is 3.46. The molecule has 5 nitrogen and oxygen atoms in total. The van der Waals surface area contributed by atoms with Gasteiger partial charge >= 0.3 is 0 Å². The van der Waals surface area contributed by atoms with Crippen molar-refractivity contribution >= 4 is 5.82 Å². The quantitative estimate of drug-likeness (QED) is 0.843. The van der Waals surface area contributed by atoms with Crippen LogP contribution >= 0.6 is 0 Å². The highest BCUT2D eigenvalue weighted by atomic mass is 16.5. The van der Waals surface area contributed by atoms with Gasteiger partial charge in [-0.05, 0) is 57.1 Å². The van der Waals surface area contributed by atoms with Crippen LogP contribution in [-0.2, 0) is 17.6 Å². The van der Waals surface area contributed by atoms with Crippen LogP contribution in [0.15, 0.2) is 24.4 Å². The molecule has 5 rings (SSSR count). The standard InChI is InChI=1S/C20H24N4O/c1-2-11-21-16(7-1)19-22-15-8-3-6-14(15)20(23-19)24-12-5-13-25-18-10-4-9-17(18)24/h1-2,7,11,17-18H,3-6,8-10,12-13H2/t17?,18-/m0/s1. The second-order valence-corrected chi connectivity index (χ2v) is 7.32. The first-order valence-electron chi connectivity index (χ1n) is 9.59. The topological polar surface area (TPSA) is 51.1 Å². The number of hydrogen-bond donors (Lipinski definition) is 0. The van der Waals surface area contributed by atoms with Gasteiger partial charge < -0.3 is 9.64 Å². The molecule has 1 unspecified atom stereocenters. The van der Waals surface area contributed by atoms with Crippen molar-refractivity contribution in [3.05, 3.63) is 35.7 Å². The Hall–Kier alpha value is -2.01. The molecule has 2 aliphatic carbocycles. The van der Waals surface area contributed by atoms with Crippen LogP contribution in [0, 0.1) is 0 Å². The van der Waals surface area contributed by atoms with Crippen molar-refractivity contribution in [2.75, 3.05) is 18.1 Å². The van der Waals surface area contributed by atoms with Gasteiger partial charge in [0.05, 0.1) is 12.1 Å². The van der Waals surface area contributed by atoms with Gasteiger partial charge in [0.15, 0.2) is 5.82 Å². The predicted molar refractivity (Wildman–Crippen MR) is 96.6 cm³/mol. The molecule has 0 N–H and O–H groups in total. The summed E-state index contributed by atoms with van der Waals surface area (Å²) in [6.45, 7) is 1.91. The highest BCUT2D eigenvalue weighted by Crippen LogP contribution is 2.37. The lowest BCUT2D eigenvalue weighted by Crippen LogP contribution is -2.41. The van der Waals surface area contributed by atoms with E-state index in [0.717, 1.165) is 49.8 Å². The summed E-state index contributed by atoms with van der Waals surface area (Å²) in [4.78, 5) is 16.9. The van der Waals surface area contributed by atoms with Crippen molar-refractivity contribution in [3.63, 3.8) is 0 Å². The van der Waals surface area contributed by atoms with Gasteiger partial charge in [0, 0.05) is 30.6 Å². The van der Waals surface area contributed by atoms with E-state index in [1.165, 1.54) is 36.9 Å². The molecule has 0 bridgehead atoms. The van der Waals surface area contributed by atoms with Gasteiger partial charge in [-0.3, -0.25) is 4.98 Å². The van der Waals surface area contributed by atoms with Gasteiger partial charge in [0.25, 0.3) is 0 Å². The molecule has 25 heavy (non-hydrogen) atoms. The van der Waals surface area contributed by atoms with Crippen molar-refractivity contribution in [1.82, 2.24) is 15.0 Å². The van der Waals surface area contributed by atoms with Crippen LogP contribution in [0.4, 0.5) is 5.82 Å². The summed E-state index contributed by atoms with van der Waals surface area (Å²) in [5.74, 6) is 1.93. The molecule has 3 aliphatic rings. The van der Waals surface area contributed by atoms with E-state index in [9.17, 15) is 0 Å². The number of anilines is 1. The Labute approximate surface area is 148 Å². The first-order chi connectivity index (χ1) is 12.4. The fraction of sp³-hybridized carbons (Fsp3) is 0.550. The van der Waals surface area contributed by atoms with Crippen LogP contribution in [0.1, 0.15) is 43.4 Å². The van der Waals surface area contributed by atoms with Crippen molar-refractivity contribution in [2.45, 2.75) is 57.1 Å². The molecule has 0 amide bonds. The monoisotopic (exact) mass is 336 g/mol. The number of rotatable bonds is 2. The zero-order chi connectivity index (χ0) is 16.6. The van der Waals surface area contributed by atoms with Crippen LogP contribution in [0.25, 0.3) is 11.5 Å². The number of pyridine rings is 1. The minimum absolute atomic E-state index is 0.368. The van der Waals surface area contributed by atoms with E-state index in [4.69, 9.17) is 14.7 Å². The smallest absolute Gasteiger partial charge is 0.180 e. The van der Waals surface area contributed by atoms with Crippen molar-refractivity contribution in [1.29, 1.82) is 0 Å². The highest BCUT2D eigenvalue weighted by molar-refractivity contribution is 5.59. The molecule has 2 aromatic rings. The van der Waals surface area contributed by atoms with Gasteiger partial charge in [-0.2, -0.15) is 0 Å². The SMILES string of the molecule is c1ccc(-c2nc3c(c(N4CCCO[C@H]5CCCC54)n2)CCC3)nc1. The van der Waals surface area contributed by atoms with Crippen molar-refractivity contribution in [2.24, 2.45) is 0 Å². The highest BCUT2D eigenvalue weighted by Gasteiger charge is 2.37. The molecule has 2 aromatic heterocycles. The number of ether oxygens (including phenoxy) is 1. The van der Waals surface area contributed by atoms with Crippen molar-refractivity contribution in [3.8, 4) is 11.5 Å². The molecular formula is C20H24N4O. The van der Waals surface area contributed by atoms with Gasteiger partial charge in [0.2, 0.25) is 0 Å². The Bertz CT molecular complexity index is 764. The first kappa shape index (κ1) is 15.3. The number of hydrogen-bond acceptors (Lipinski definition) is 5.